The molecule has 0 spiro atoms. The van der Waals surface area contributed by atoms with Gasteiger partial charge in [0, 0.05) is 5.25 Å². The molecule has 22 heavy (non-hydrogen) atoms. The van der Waals surface area contributed by atoms with E-state index >= 15 is 0 Å². The van der Waals surface area contributed by atoms with Crippen molar-refractivity contribution in [2.24, 2.45) is 34.7 Å². The summed E-state index contributed by atoms with van der Waals surface area (Å²) in [4.78, 5) is 0. The first-order valence-corrected chi connectivity index (χ1v) is 11.1. The highest BCUT2D eigenvalue weighted by Gasteiger charge is 2.33. The molecule has 0 aromatic rings. The molecule has 0 amide bonds. The third-order valence-electron chi connectivity index (χ3n) is 7.36. The van der Waals surface area contributed by atoms with Gasteiger partial charge in [-0.3, -0.25) is 5.14 Å². The quantitative estimate of drug-likeness (QED) is 0.496. The second kappa shape index (κ2) is 8.42. The SMILES string of the molecule is CC1CCCC(C2CCC(C3CCC(SN)CC3)CC2)CC1. The highest BCUT2D eigenvalue weighted by molar-refractivity contribution is 7.97. The minimum atomic E-state index is 0.764. The second-order valence-electron chi connectivity index (χ2n) is 8.72. The molecule has 3 rings (SSSR count). The Morgan fingerprint density at radius 3 is 1.59 bits per heavy atom. The molecule has 2 heteroatoms. The van der Waals surface area contributed by atoms with E-state index in [0.29, 0.717) is 0 Å². The Labute approximate surface area is 142 Å². The summed E-state index contributed by atoms with van der Waals surface area (Å²) >= 11 is 1.62. The second-order valence-corrected chi connectivity index (χ2v) is 9.66. The Kier molecular flexibility index (Phi) is 6.56. The monoisotopic (exact) mass is 323 g/mol. The molecule has 128 valence electrons. The zero-order valence-electron chi connectivity index (χ0n) is 14.6. The van der Waals surface area contributed by atoms with Gasteiger partial charge in [0.05, 0.1) is 0 Å². The zero-order valence-corrected chi connectivity index (χ0v) is 15.5. The van der Waals surface area contributed by atoms with E-state index in [1.165, 1.54) is 51.4 Å². The number of hydrogen-bond acceptors (Lipinski definition) is 2. The van der Waals surface area contributed by atoms with Gasteiger partial charge in [0.15, 0.2) is 0 Å². The smallest absolute Gasteiger partial charge is 0.0191 e. The molecule has 0 radical (unpaired) electrons. The van der Waals surface area contributed by atoms with Crippen molar-refractivity contribution < 1.29 is 0 Å². The minimum Gasteiger partial charge on any atom is -0.278 e. The van der Waals surface area contributed by atoms with E-state index in [2.05, 4.69) is 6.92 Å². The highest BCUT2D eigenvalue weighted by atomic mass is 32.2. The molecule has 2 unspecified atom stereocenters. The van der Waals surface area contributed by atoms with Crippen LogP contribution in [-0.2, 0) is 0 Å². The van der Waals surface area contributed by atoms with Crippen LogP contribution in [0.4, 0.5) is 0 Å². The standard InChI is InChI=1S/C20H37NS/c1-15-3-2-4-16(6-5-15)17-7-9-18(10-8-17)19-11-13-20(22-21)14-12-19/h15-20H,2-14,21H2,1H3. The molecule has 3 saturated carbocycles. The summed E-state index contributed by atoms with van der Waals surface area (Å²) < 4.78 is 0. The Bertz CT molecular complexity index is 316. The van der Waals surface area contributed by atoms with Gasteiger partial charge >= 0.3 is 0 Å². The van der Waals surface area contributed by atoms with Gasteiger partial charge < -0.3 is 0 Å². The fourth-order valence-electron chi connectivity index (χ4n) is 5.77. The lowest BCUT2D eigenvalue weighted by atomic mass is 9.67. The van der Waals surface area contributed by atoms with Crippen molar-refractivity contribution in [1.82, 2.24) is 0 Å². The lowest BCUT2D eigenvalue weighted by Gasteiger charge is -2.39. The van der Waals surface area contributed by atoms with E-state index in [0.717, 1.165) is 34.8 Å². The Morgan fingerprint density at radius 1 is 0.591 bits per heavy atom. The maximum Gasteiger partial charge on any atom is 0.0191 e. The van der Waals surface area contributed by atoms with E-state index < -0.39 is 0 Å². The predicted molar refractivity (Wildman–Crippen MR) is 98.7 cm³/mol. The van der Waals surface area contributed by atoms with E-state index in [1.807, 2.05) is 0 Å². The predicted octanol–water partition coefficient (Wildman–Crippen LogP) is 6.17. The van der Waals surface area contributed by atoms with E-state index in [1.54, 1.807) is 44.1 Å². The highest BCUT2D eigenvalue weighted by Crippen LogP contribution is 2.45. The van der Waals surface area contributed by atoms with E-state index in [9.17, 15) is 0 Å². The maximum absolute atomic E-state index is 5.77. The fourth-order valence-corrected chi connectivity index (χ4v) is 6.32. The molecular formula is C20H37NS. The third-order valence-corrected chi connectivity index (χ3v) is 8.22. The molecule has 0 aromatic carbocycles. The molecule has 0 saturated heterocycles. The van der Waals surface area contributed by atoms with Crippen molar-refractivity contribution in [3.05, 3.63) is 0 Å². The molecule has 3 aliphatic rings. The first-order chi connectivity index (χ1) is 10.8. The largest absolute Gasteiger partial charge is 0.278 e. The van der Waals surface area contributed by atoms with Gasteiger partial charge in [0.1, 0.15) is 0 Å². The zero-order chi connectivity index (χ0) is 15.4. The lowest BCUT2D eigenvalue weighted by molar-refractivity contribution is 0.133. The first kappa shape index (κ1) is 17.1. The lowest BCUT2D eigenvalue weighted by Crippen LogP contribution is -2.29. The van der Waals surface area contributed by atoms with Crippen LogP contribution in [0.5, 0.6) is 0 Å². The summed E-state index contributed by atoms with van der Waals surface area (Å²) in [6.45, 7) is 2.47. The van der Waals surface area contributed by atoms with Crippen molar-refractivity contribution >= 4 is 11.9 Å². The third kappa shape index (κ3) is 4.44. The van der Waals surface area contributed by atoms with Crippen molar-refractivity contribution in [2.45, 2.75) is 95.6 Å². The van der Waals surface area contributed by atoms with Crippen LogP contribution in [0.25, 0.3) is 0 Å². The number of nitrogens with two attached hydrogens (primary N) is 1. The van der Waals surface area contributed by atoms with Gasteiger partial charge in [0.2, 0.25) is 0 Å². The van der Waals surface area contributed by atoms with Gasteiger partial charge in [0.25, 0.3) is 0 Å². The molecular weight excluding hydrogens is 286 g/mol. The van der Waals surface area contributed by atoms with Gasteiger partial charge in [-0.05, 0) is 87.4 Å². The molecule has 1 nitrogen and oxygen atoms in total. The van der Waals surface area contributed by atoms with Crippen molar-refractivity contribution in [2.75, 3.05) is 0 Å². The molecule has 0 aromatic heterocycles. The van der Waals surface area contributed by atoms with Crippen molar-refractivity contribution in [1.29, 1.82) is 0 Å². The van der Waals surface area contributed by atoms with E-state index in [-0.39, 0.29) is 0 Å². The number of rotatable bonds is 3. The summed E-state index contributed by atoms with van der Waals surface area (Å²) in [6, 6.07) is 0. The molecule has 0 bridgehead atoms. The Balaban J connectivity index is 1.42. The topological polar surface area (TPSA) is 26.0 Å². The van der Waals surface area contributed by atoms with Gasteiger partial charge in [-0.15, -0.1) is 0 Å². The molecule has 0 heterocycles. The number of hydrogen-bond donors (Lipinski definition) is 1. The van der Waals surface area contributed by atoms with Crippen molar-refractivity contribution in [3.63, 3.8) is 0 Å². The molecule has 3 aliphatic carbocycles. The van der Waals surface area contributed by atoms with Crippen LogP contribution >= 0.6 is 11.9 Å². The molecule has 2 atom stereocenters. The van der Waals surface area contributed by atoms with Crippen LogP contribution in [0.15, 0.2) is 0 Å². The Hall–Kier alpha value is 0.310. The summed E-state index contributed by atoms with van der Waals surface area (Å²) in [5, 5.41) is 6.53. The minimum absolute atomic E-state index is 0.764. The Morgan fingerprint density at radius 2 is 1.05 bits per heavy atom. The normalized spacial score (nSPS) is 44.5. The van der Waals surface area contributed by atoms with Crippen molar-refractivity contribution in [3.8, 4) is 0 Å². The van der Waals surface area contributed by atoms with Crippen LogP contribution in [0.2, 0.25) is 0 Å². The van der Waals surface area contributed by atoms with Gasteiger partial charge in [-0.25, -0.2) is 0 Å². The van der Waals surface area contributed by atoms with Crippen LogP contribution in [-0.4, -0.2) is 5.25 Å². The van der Waals surface area contributed by atoms with Crippen LogP contribution in [0.1, 0.15) is 90.4 Å². The first-order valence-electron chi connectivity index (χ1n) is 10.1. The van der Waals surface area contributed by atoms with Gasteiger partial charge in [-0.1, -0.05) is 44.6 Å². The molecule has 3 fully saturated rings. The average molecular weight is 324 g/mol. The summed E-state index contributed by atoms with van der Waals surface area (Å²) in [5.74, 6) is 5.26. The molecule has 0 aliphatic heterocycles. The average Bonchev–Trinajstić information content (AvgIpc) is 2.80. The van der Waals surface area contributed by atoms with E-state index in [4.69, 9.17) is 5.14 Å². The molecule has 2 N–H and O–H groups in total. The summed E-state index contributed by atoms with van der Waals surface area (Å²) in [6.07, 6.45) is 19.5. The fraction of sp³-hybridized carbons (Fsp3) is 1.00. The summed E-state index contributed by atoms with van der Waals surface area (Å²) in [7, 11) is 0. The summed E-state index contributed by atoms with van der Waals surface area (Å²) in [5.41, 5.74) is 0. The van der Waals surface area contributed by atoms with Crippen LogP contribution in [0.3, 0.4) is 0 Å². The van der Waals surface area contributed by atoms with Gasteiger partial charge in [-0.2, -0.15) is 0 Å². The van der Waals surface area contributed by atoms with Crippen LogP contribution < -0.4 is 5.14 Å². The van der Waals surface area contributed by atoms with Crippen LogP contribution in [0, 0.1) is 29.6 Å². The maximum atomic E-state index is 5.77.